The normalized spacial score (nSPS) is 15.8. The van der Waals surface area contributed by atoms with Gasteiger partial charge < -0.3 is 0 Å². The molecule has 2 N–H and O–H groups in total. The Kier molecular flexibility index (Phi) is 8.12. The Morgan fingerprint density at radius 3 is 2.28 bits per heavy atom. The number of nitrogens with one attached hydrogen (secondary N) is 1. The van der Waals surface area contributed by atoms with Crippen LogP contribution in [0.15, 0.2) is 21.5 Å². The maximum atomic E-state index is 9.35. The molecule has 0 atom stereocenters. The van der Waals surface area contributed by atoms with Gasteiger partial charge in [-0.3, -0.25) is 0 Å². The molecular formula is C13H27Cl2NOZr. The van der Waals surface area contributed by atoms with Gasteiger partial charge in [0.1, 0.15) is 0 Å². The summed E-state index contributed by atoms with van der Waals surface area (Å²) >= 11 is -3.35. The third-order valence-electron chi connectivity index (χ3n) is 3.23. The minimum absolute atomic E-state index is 0. The fourth-order valence-electron chi connectivity index (χ4n) is 2.69. The maximum absolute atomic E-state index is 9.35. The molecule has 0 saturated carbocycles. The van der Waals surface area contributed by atoms with Gasteiger partial charge in [0.05, 0.1) is 0 Å². The van der Waals surface area contributed by atoms with Crippen molar-refractivity contribution < 1.29 is 23.7 Å². The summed E-state index contributed by atoms with van der Waals surface area (Å²) in [6.45, 7) is 6.76. The van der Waals surface area contributed by atoms with Crippen LogP contribution < -0.4 is 3.26 Å². The molecule has 2 nitrogen and oxygen atoms in total. The third-order valence-corrected chi connectivity index (χ3v) is 16.3. The second-order valence-electron chi connectivity index (χ2n) is 6.46. The molecule has 0 unspecified atom stereocenters. The van der Waals surface area contributed by atoms with Crippen LogP contribution in [0.5, 0.6) is 0 Å². The van der Waals surface area contributed by atoms with E-state index in [0.717, 1.165) is 10.5 Å². The predicted molar refractivity (Wildman–Crippen MR) is 84.1 cm³/mol. The molecule has 0 spiro atoms. The van der Waals surface area contributed by atoms with E-state index in [1.807, 2.05) is 0 Å². The molecule has 18 heavy (non-hydrogen) atoms. The van der Waals surface area contributed by atoms with Crippen molar-refractivity contribution >= 4 is 29.0 Å². The van der Waals surface area contributed by atoms with E-state index in [0.29, 0.717) is 0 Å². The Hall–Kier alpha value is 0.733. The van der Waals surface area contributed by atoms with Crippen molar-refractivity contribution in [2.45, 2.75) is 41.5 Å². The van der Waals surface area contributed by atoms with Gasteiger partial charge in [0.15, 0.2) is 0 Å². The van der Waals surface area contributed by atoms with E-state index in [-0.39, 0.29) is 37.0 Å². The summed E-state index contributed by atoms with van der Waals surface area (Å²) in [6, 6.07) is 0. The van der Waals surface area contributed by atoms with Crippen molar-refractivity contribution in [1.82, 2.24) is 3.26 Å². The molecule has 0 heterocycles. The van der Waals surface area contributed by atoms with Crippen molar-refractivity contribution in [2.75, 3.05) is 6.61 Å². The molecule has 5 heteroatoms. The number of aliphatic hydroxyl groups is 1. The first-order valence-corrected chi connectivity index (χ1v) is 14.4. The van der Waals surface area contributed by atoms with E-state index < -0.39 is 18.6 Å². The quantitative estimate of drug-likeness (QED) is 0.788. The Morgan fingerprint density at radius 1 is 1.39 bits per heavy atom. The van der Waals surface area contributed by atoms with Crippen LogP contribution in [0.2, 0.25) is 8.76 Å². The molecule has 0 saturated heterocycles. The molecule has 1 aliphatic rings. The van der Waals surface area contributed by atoms with Gasteiger partial charge in [0.25, 0.3) is 0 Å². The van der Waals surface area contributed by atoms with Crippen molar-refractivity contribution in [3.8, 4) is 0 Å². The Bertz CT molecular complexity index is 396. The number of allylic oxidation sites excluding steroid dienone is 4. The molecule has 0 radical (unpaired) electrons. The third kappa shape index (κ3) is 5.39. The molecule has 0 aromatic rings. The van der Waals surface area contributed by atoms with E-state index in [1.54, 1.807) is 0 Å². The Morgan fingerprint density at radius 2 is 1.94 bits per heavy atom. The number of rotatable bonds is 4. The van der Waals surface area contributed by atoms with E-state index in [1.165, 1.54) is 3.28 Å². The van der Waals surface area contributed by atoms with Crippen LogP contribution in [-0.2, 0) is 18.6 Å². The zero-order chi connectivity index (χ0) is 12.5. The SMILES string of the molecule is Cl.Cl.[CH2]=[Zr]([CH3])([CH2]CO)([NH]C(C)(C)C)[C]1=CC=CC1. The molecule has 0 aromatic heterocycles. The zero-order valence-corrected chi connectivity index (χ0v) is 15.9. The van der Waals surface area contributed by atoms with Crippen LogP contribution in [0.1, 0.15) is 27.2 Å². The van der Waals surface area contributed by atoms with Crippen LogP contribution in [0.4, 0.5) is 0 Å². The number of hydrogen-bond acceptors (Lipinski definition) is 2. The van der Waals surface area contributed by atoms with Crippen LogP contribution in [0.3, 0.4) is 0 Å². The molecule has 0 aromatic carbocycles. The van der Waals surface area contributed by atoms with Crippen molar-refractivity contribution in [3.63, 3.8) is 0 Å². The number of aliphatic hydroxyl groups excluding tert-OH is 1. The monoisotopic (exact) mass is 373 g/mol. The summed E-state index contributed by atoms with van der Waals surface area (Å²) in [5.41, 5.74) is 0.0559. The van der Waals surface area contributed by atoms with Crippen LogP contribution in [-0.4, -0.2) is 21.5 Å². The fourth-order valence-corrected chi connectivity index (χ4v) is 14.2. The summed E-state index contributed by atoms with van der Waals surface area (Å²) in [5, 5.41) is 9.35. The molecule has 0 aliphatic heterocycles. The summed E-state index contributed by atoms with van der Waals surface area (Å²) in [4.78, 5) is 0. The van der Waals surface area contributed by atoms with E-state index in [2.05, 4.69) is 51.1 Å². The summed E-state index contributed by atoms with van der Waals surface area (Å²) in [5.74, 6) is 0. The van der Waals surface area contributed by atoms with E-state index >= 15 is 0 Å². The predicted octanol–water partition coefficient (Wildman–Crippen LogP) is 3.56. The van der Waals surface area contributed by atoms with Gasteiger partial charge >= 0.3 is 101 Å². The Balaban J connectivity index is 0. The molecule has 0 bridgehead atoms. The number of halogens is 2. The second kappa shape index (κ2) is 6.95. The van der Waals surface area contributed by atoms with Crippen LogP contribution in [0, 0.1) is 0 Å². The molecule has 0 fully saturated rings. The molecule has 0 amide bonds. The van der Waals surface area contributed by atoms with E-state index in [9.17, 15) is 5.11 Å². The summed E-state index contributed by atoms with van der Waals surface area (Å²) < 4.78 is 12.9. The first-order valence-electron chi connectivity index (χ1n) is 5.99. The topological polar surface area (TPSA) is 32.3 Å². The van der Waals surface area contributed by atoms with Gasteiger partial charge in [-0.25, -0.2) is 0 Å². The average Bonchev–Trinajstić information content (AvgIpc) is 2.50. The van der Waals surface area contributed by atoms with Gasteiger partial charge in [0, 0.05) is 0 Å². The van der Waals surface area contributed by atoms with Crippen LogP contribution >= 0.6 is 24.8 Å². The zero-order valence-electron chi connectivity index (χ0n) is 11.8. The fraction of sp³-hybridized carbons (Fsp3) is 0.615. The molecular weight excluding hydrogens is 348 g/mol. The van der Waals surface area contributed by atoms with Gasteiger partial charge in [-0.1, -0.05) is 0 Å². The van der Waals surface area contributed by atoms with Crippen molar-refractivity contribution in [1.29, 1.82) is 0 Å². The van der Waals surface area contributed by atoms with Gasteiger partial charge in [-0.15, -0.1) is 24.8 Å². The van der Waals surface area contributed by atoms with Crippen LogP contribution in [0.25, 0.3) is 0 Å². The molecule has 108 valence electrons. The van der Waals surface area contributed by atoms with Crippen molar-refractivity contribution in [3.05, 3.63) is 21.5 Å². The molecule has 1 rings (SSSR count). The van der Waals surface area contributed by atoms with Gasteiger partial charge in [0.2, 0.25) is 0 Å². The Labute approximate surface area is 125 Å². The first-order chi connectivity index (χ1) is 7.16. The second-order valence-corrected chi connectivity index (χ2v) is 21.1. The van der Waals surface area contributed by atoms with Gasteiger partial charge in [-0.2, -0.15) is 0 Å². The van der Waals surface area contributed by atoms with Crippen molar-refractivity contribution in [2.24, 2.45) is 0 Å². The first kappa shape index (κ1) is 21.0. The molecule has 1 aliphatic carbocycles. The summed E-state index contributed by atoms with van der Waals surface area (Å²) in [7, 11) is 0. The summed E-state index contributed by atoms with van der Waals surface area (Å²) in [6.07, 6.45) is 7.50. The van der Waals surface area contributed by atoms with Gasteiger partial charge in [-0.05, 0) is 0 Å². The standard InChI is InChI=1S/C5H5.C4H10N.C2H5O.CH3.CH2.2ClH.Zr/c1-2-4-5-3-1;1-4(2,3)5;1-2-3;;;;;/h1-3H,4H2;5H,1-3H3;3H,1-2H2;1H3;1H2;2*1H;/q;-1;;;;;;+1. The van der Waals surface area contributed by atoms with E-state index in [4.69, 9.17) is 0 Å². The average molecular weight is 375 g/mol. The minimum atomic E-state index is -3.35. The number of hydrogen-bond donors (Lipinski definition) is 2.